The molecule has 1 aromatic carbocycles. The van der Waals surface area contributed by atoms with E-state index in [9.17, 15) is 4.79 Å². The highest BCUT2D eigenvalue weighted by Crippen LogP contribution is 2.02. The lowest BCUT2D eigenvalue weighted by atomic mass is 10.1. The van der Waals surface area contributed by atoms with Gasteiger partial charge in [-0.3, -0.25) is 4.79 Å². The fraction of sp³-hybridized carbons (Fsp3) is 0.462. The summed E-state index contributed by atoms with van der Waals surface area (Å²) < 4.78 is 4.88. The quantitative estimate of drug-likeness (QED) is 0.757. The Morgan fingerprint density at radius 1 is 1.41 bits per heavy atom. The third-order valence-corrected chi connectivity index (χ3v) is 2.63. The number of carbonyl (C=O) groups is 1. The number of aryl methyl sites for hydroxylation is 1. The number of halogens is 1. The molecule has 1 aromatic rings. The van der Waals surface area contributed by atoms with E-state index in [-0.39, 0.29) is 11.3 Å². The lowest BCUT2D eigenvalue weighted by Crippen LogP contribution is -2.31. The van der Waals surface area contributed by atoms with Crippen molar-refractivity contribution < 1.29 is 9.53 Å². The highest BCUT2D eigenvalue weighted by atomic mass is 35.5. The third-order valence-electron chi connectivity index (χ3n) is 2.35. The minimum atomic E-state index is -0.166. The van der Waals surface area contributed by atoms with Gasteiger partial charge in [-0.05, 0) is 12.0 Å². The van der Waals surface area contributed by atoms with Gasteiger partial charge in [0.1, 0.15) is 0 Å². The van der Waals surface area contributed by atoms with Crippen LogP contribution in [0.25, 0.3) is 0 Å². The van der Waals surface area contributed by atoms with Gasteiger partial charge in [-0.15, -0.1) is 11.6 Å². The van der Waals surface area contributed by atoms with E-state index in [2.05, 4.69) is 5.32 Å². The molecule has 0 saturated heterocycles. The summed E-state index contributed by atoms with van der Waals surface area (Å²) >= 11 is 5.90. The van der Waals surface area contributed by atoms with Crippen molar-refractivity contribution in [1.29, 1.82) is 0 Å². The zero-order valence-electron chi connectivity index (χ0n) is 9.99. The smallest absolute Gasteiger partial charge is 0.220 e. The monoisotopic (exact) mass is 255 g/mol. The Balaban J connectivity index is 2.17. The molecule has 1 amide bonds. The molecule has 17 heavy (non-hydrogen) atoms. The molecule has 1 rings (SSSR count). The highest BCUT2D eigenvalue weighted by molar-refractivity contribution is 6.21. The molecule has 0 spiro atoms. The summed E-state index contributed by atoms with van der Waals surface area (Å²) in [5.41, 5.74) is 1.17. The normalized spacial score (nSPS) is 12.1. The number of carbonyl (C=O) groups excluding carboxylic acids is 1. The van der Waals surface area contributed by atoms with E-state index in [0.717, 1.165) is 6.42 Å². The largest absolute Gasteiger partial charge is 0.383 e. The molecule has 0 radical (unpaired) electrons. The van der Waals surface area contributed by atoms with Gasteiger partial charge in [0, 0.05) is 20.1 Å². The van der Waals surface area contributed by atoms with Crippen molar-refractivity contribution in [3.8, 4) is 0 Å². The van der Waals surface area contributed by atoms with E-state index in [0.29, 0.717) is 19.6 Å². The van der Waals surface area contributed by atoms with Crippen LogP contribution in [-0.4, -0.2) is 31.5 Å². The first-order chi connectivity index (χ1) is 8.22. The van der Waals surface area contributed by atoms with Crippen molar-refractivity contribution in [3.05, 3.63) is 35.9 Å². The molecule has 1 atom stereocenters. The van der Waals surface area contributed by atoms with Crippen molar-refractivity contribution in [2.24, 2.45) is 0 Å². The molecule has 0 aromatic heterocycles. The van der Waals surface area contributed by atoms with Gasteiger partial charge >= 0.3 is 0 Å². The van der Waals surface area contributed by atoms with Crippen LogP contribution in [0.5, 0.6) is 0 Å². The second kappa shape index (κ2) is 8.09. The van der Waals surface area contributed by atoms with Crippen LogP contribution in [-0.2, 0) is 16.0 Å². The molecule has 0 aliphatic carbocycles. The van der Waals surface area contributed by atoms with E-state index in [1.807, 2.05) is 30.3 Å². The number of benzene rings is 1. The average molecular weight is 256 g/mol. The fourth-order valence-electron chi connectivity index (χ4n) is 1.46. The number of hydrogen-bond acceptors (Lipinski definition) is 2. The fourth-order valence-corrected chi connectivity index (χ4v) is 1.66. The molecule has 3 nitrogen and oxygen atoms in total. The van der Waals surface area contributed by atoms with E-state index in [1.165, 1.54) is 5.56 Å². The Hall–Kier alpha value is -1.06. The third kappa shape index (κ3) is 6.29. The van der Waals surface area contributed by atoms with Crippen molar-refractivity contribution in [1.82, 2.24) is 5.32 Å². The van der Waals surface area contributed by atoms with E-state index < -0.39 is 0 Å². The molecule has 0 heterocycles. The Morgan fingerprint density at radius 2 is 2.12 bits per heavy atom. The summed E-state index contributed by atoms with van der Waals surface area (Å²) in [6.45, 7) is 0.892. The van der Waals surface area contributed by atoms with Gasteiger partial charge in [0.15, 0.2) is 0 Å². The van der Waals surface area contributed by atoms with Crippen LogP contribution in [0.3, 0.4) is 0 Å². The Bertz CT molecular complexity index is 329. The predicted octanol–water partition coefficient (Wildman–Crippen LogP) is 1.99. The molecule has 4 heteroatoms. The predicted molar refractivity (Wildman–Crippen MR) is 69.3 cm³/mol. The zero-order valence-corrected chi connectivity index (χ0v) is 10.7. The first-order valence-electron chi connectivity index (χ1n) is 5.66. The van der Waals surface area contributed by atoms with Crippen LogP contribution in [0.1, 0.15) is 12.0 Å². The van der Waals surface area contributed by atoms with Gasteiger partial charge in [-0.25, -0.2) is 0 Å². The molecule has 94 valence electrons. The molecule has 0 saturated carbocycles. The summed E-state index contributed by atoms with van der Waals surface area (Å²) in [6, 6.07) is 9.94. The maximum absolute atomic E-state index is 11.5. The second-order valence-corrected chi connectivity index (χ2v) is 4.46. The number of amides is 1. The number of nitrogens with one attached hydrogen (secondary N) is 1. The van der Waals surface area contributed by atoms with Crippen molar-refractivity contribution in [3.63, 3.8) is 0 Å². The minimum absolute atomic E-state index is 0.0237. The Kier molecular flexibility index (Phi) is 6.67. The maximum atomic E-state index is 11.5. The van der Waals surface area contributed by atoms with E-state index >= 15 is 0 Å². The summed E-state index contributed by atoms with van der Waals surface area (Å²) in [5.74, 6) is 0.0237. The van der Waals surface area contributed by atoms with Gasteiger partial charge in [0.05, 0.1) is 12.0 Å². The van der Waals surface area contributed by atoms with Crippen LogP contribution in [0.15, 0.2) is 30.3 Å². The lowest BCUT2D eigenvalue weighted by Gasteiger charge is -2.09. The molecule has 0 fully saturated rings. The first kappa shape index (κ1) is 14.0. The molecule has 1 unspecified atom stereocenters. The van der Waals surface area contributed by atoms with Gasteiger partial charge in [0.25, 0.3) is 0 Å². The van der Waals surface area contributed by atoms with Crippen LogP contribution in [0.2, 0.25) is 0 Å². The van der Waals surface area contributed by atoms with Gasteiger partial charge in [-0.1, -0.05) is 30.3 Å². The van der Waals surface area contributed by atoms with Crippen LogP contribution in [0.4, 0.5) is 0 Å². The number of hydrogen-bond donors (Lipinski definition) is 1. The molecule has 1 N–H and O–H groups in total. The number of ether oxygens (including phenoxy) is 1. The van der Waals surface area contributed by atoms with Crippen molar-refractivity contribution >= 4 is 17.5 Å². The average Bonchev–Trinajstić information content (AvgIpc) is 2.35. The van der Waals surface area contributed by atoms with Gasteiger partial charge in [-0.2, -0.15) is 0 Å². The lowest BCUT2D eigenvalue weighted by molar-refractivity contribution is -0.121. The topological polar surface area (TPSA) is 38.3 Å². The summed E-state index contributed by atoms with van der Waals surface area (Å²) in [7, 11) is 1.59. The number of alkyl halides is 1. The molecular weight excluding hydrogens is 238 g/mol. The maximum Gasteiger partial charge on any atom is 0.220 e. The molecule has 0 aliphatic heterocycles. The summed E-state index contributed by atoms with van der Waals surface area (Å²) in [4.78, 5) is 11.5. The minimum Gasteiger partial charge on any atom is -0.383 e. The SMILES string of the molecule is COCC(Cl)CNC(=O)CCc1ccccc1. The molecule has 0 bridgehead atoms. The van der Waals surface area contributed by atoms with Crippen LogP contribution < -0.4 is 5.32 Å². The van der Waals surface area contributed by atoms with Gasteiger partial charge < -0.3 is 10.1 Å². The Labute approximate surface area is 107 Å². The van der Waals surface area contributed by atoms with E-state index in [1.54, 1.807) is 7.11 Å². The number of rotatable bonds is 7. The molecular formula is C13H18ClNO2. The zero-order chi connectivity index (χ0) is 12.5. The second-order valence-electron chi connectivity index (χ2n) is 3.84. The highest BCUT2D eigenvalue weighted by Gasteiger charge is 2.06. The first-order valence-corrected chi connectivity index (χ1v) is 6.09. The van der Waals surface area contributed by atoms with Gasteiger partial charge in [0.2, 0.25) is 5.91 Å². The van der Waals surface area contributed by atoms with Crippen LogP contribution in [0, 0.1) is 0 Å². The summed E-state index contributed by atoms with van der Waals surface area (Å²) in [5, 5.41) is 2.62. The number of methoxy groups -OCH3 is 1. The van der Waals surface area contributed by atoms with Crippen LogP contribution >= 0.6 is 11.6 Å². The molecule has 0 aliphatic rings. The Morgan fingerprint density at radius 3 is 2.76 bits per heavy atom. The standard InChI is InChI=1S/C13H18ClNO2/c1-17-10-12(14)9-15-13(16)8-7-11-5-3-2-4-6-11/h2-6,12H,7-10H2,1H3,(H,15,16). The summed E-state index contributed by atoms with van der Waals surface area (Å²) in [6.07, 6.45) is 1.24. The van der Waals surface area contributed by atoms with E-state index in [4.69, 9.17) is 16.3 Å². The van der Waals surface area contributed by atoms with Crippen molar-refractivity contribution in [2.45, 2.75) is 18.2 Å². The van der Waals surface area contributed by atoms with Crippen molar-refractivity contribution in [2.75, 3.05) is 20.3 Å².